The van der Waals surface area contributed by atoms with Crippen molar-refractivity contribution in [3.63, 3.8) is 0 Å². The maximum absolute atomic E-state index is 10.7. The Morgan fingerprint density at radius 2 is 1.65 bits per heavy atom. The summed E-state index contributed by atoms with van der Waals surface area (Å²) in [6, 6.07) is 14.2. The van der Waals surface area contributed by atoms with Crippen LogP contribution in [0.1, 0.15) is 39.8 Å². The Hall–Kier alpha value is -1.64. The van der Waals surface area contributed by atoms with E-state index in [-0.39, 0.29) is 5.92 Å². The van der Waals surface area contributed by atoms with Crippen LogP contribution in [0, 0.1) is 20.8 Å². The van der Waals surface area contributed by atoms with Gasteiger partial charge in [0.1, 0.15) is 0 Å². The van der Waals surface area contributed by atoms with Gasteiger partial charge in [-0.05, 0) is 48.6 Å². The first-order chi connectivity index (χ1) is 9.54. The van der Waals surface area contributed by atoms with Gasteiger partial charge in [0.05, 0.1) is 6.10 Å². The Labute approximate surface area is 121 Å². The highest BCUT2D eigenvalue weighted by molar-refractivity contribution is 5.36. The van der Waals surface area contributed by atoms with E-state index in [4.69, 9.17) is 5.73 Å². The lowest BCUT2D eigenvalue weighted by Crippen LogP contribution is -2.21. The third-order valence-corrected chi connectivity index (χ3v) is 4.10. The minimum Gasteiger partial charge on any atom is -0.388 e. The Morgan fingerprint density at radius 3 is 2.25 bits per heavy atom. The van der Waals surface area contributed by atoms with Crippen molar-refractivity contribution in [3.05, 3.63) is 70.3 Å². The van der Waals surface area contributed by atoms with Gasteiger partial charge < -0.3 is 10.8 Å². The molecule has 20 heavy (non-hydrogen) atoms. The molecule has 2 rings (SSSR count). The third-order valence-electron chi connectivity index (χ3n) is 4.10. The number of aliphatic hydroxyl groups is 1. The fraction of sp³-hybridized carbons (Fsp3) is 0.333. The summed E-state index contributed by atoms with van der Waals surface area (Å²) in [6.07, 6.45) is -0.569. The van der Waals surface area contributed by atoms with Gasteiger partial charge in [-0.3, -0.25) is 0 Å². The van der Waals surface area contributed by atoms with Crippen molar-refractivity contribution >= 4 is 0 Å². The van der Waals surface area contributed by atoms with Gasteiger partial charge in [-0.25, -0.2) is 0 Å². The van der Waals surface area contributed by atoms with Gasteiger partial charge in [0.2, 0.25) is 0 Å². The lowest BCUT2D eigenvalue weighted by Gasteiger charge is -2.24. The topological polar surface area (TPSA) is 46.2 Å². The van der Waals surface area contributed by atoms with Crippen LogP contribution in [-0.2, 0) is 0 Å². The molecule has 0 aromatic heterocycles. The Kier molecular flexibility index (Phi) is 4.58. The van der Waals surface area contributed by atoms with E-state index in [9.17, 15) is 5.11 Å². The molecule has 0 amide bonds. The number of nitrogens with two attached hydrogens (primary N) is 1. The summed E-state index contributed by atoms with van der Waals surface area (Å²) in [5.74, 6) is -0.0710. The third kappa shape index (κ3) is 2.92. The van der Waals surface area contributed by atoms with Gasteiger partial charge in [-0.15, -0.1) is 0 Å². The highest BCUT2D eigenvalue weighted by Crippen LogP contribution is 2.32. The normalized spacial score (nSPS) is 14.1. The minimum atomic E-state index is -0.569. The molecule has 0 bridgehead atoms. The molecule has 0 heterocycles. The highest BCUT2D eigenvalue weighted by Gasteiger charge is 2.22. The SMILES string of the molecule is Cc1ccc(C(O)C(CN)c2ccccc2C)cc1C. The molecule has 2 aromatic carbocycles. The second kappa shape index (κ2) is 6.21. The Balaban J connectivity index is 2.36. The maximum atomic E-state index is 10.7. The van der Waals surface area contributed by atoms with E-state index in [1.54, 1.807) is 0 Å². The van der Waals surface area contributed by atoms with Crippen molar-refractivity contribution in [1.29, 1.82) is 0 Å². The lowest BCUT2D eigenvalue weighted by molar-refractivity contribution is 0.147. The van der Waals surface area contributed by atoms with Crippen LogP contribution in [0.3, 0.4) is 0 Å². The van der Waals surface area contributed by atoms with Gasteiger partial charge in [0.15, 0.2) is 0 Å². The van der Waals surface area contributed by atoms with Crippen LogP contribution in [0.2, 0.25) is 0 Å². The molecule has 0 fully saturated rings. The van der Waals surface area contributed by atoms with Gasteiger partial charge in [-0.2, -0.15) is 0 Å². The summed E-state index contributed by atoms with van der Waals surface area (Å²) in [5.41, 5.74) is 11.6. The molecule has 2 nitrogen and oxygen atoms in total. The quantitative estimate of drug-likeness (QED) is 0.893. The Bertz CT molecular complexity index is 592. The predicted octanol–water partition coefficient (Wildman–Crippen LogP) is 3.39. The monoisotopic (exact) mass is 269 g/mol. The van der Waals surface area contributed by atoms with Crippen LogP contribution in [0.4, 0.5) is 0 Å². The van der Waals surface area contributed by atoms with E-state index in [1.807, 2.05) is 18.2 Å². The fourth-order valence-electron chi connectivity index (χ4n) is 2.61. The number of aryl methyl sites for hydroxylation is 3. The summed E-state index contributed by atoms with van der Waals surface area (Å²) >= 11 is 0. The van der Waals surface area contributed by atoms with E-state index in [0.29, 0.717) is 6.54 Å². The van der Waals surface area contributed by atoms with Crippen LogP contribution in [0.15, 0.2) is 42.5 Å². The zero-order valence-electron chi connectivity index (χ0n) is 12.4. The average molecular weight is 269 g/mol. The van der Waals surface area contributed by atoms with E-state index >= 15 is 0 Å². The molecule has 0 aliphatic heterocycles. The molecule has 2 heteroatoms. The molecule has 0 radical (unpaired) electrons. The number of hydrogen-bond donors (Lipinski definition) is 2. The summed E-state index contributed by atoms with van der Waals surface area (Å²) in [5, 5.41) is 10.7. The van der Waals surface area contributed by atoms with Crippen LogP contribution < -0.4 is 5.73 Å². The molecule has 2 atom stereocenters. The van der Waals surface area contributed by atoms with Crippen molar-refractivity contribution in [2.75, 3.05) is 6.54 Å². The van der Waals surface area contributed by atoms with Gasteiger partial charge >= 0.3 is 0 Å². The summed E-state index contributed by atoms with van der Waals surface area (Å²) < 4.78 is 0. The summed E-state index contributed by atoms with van der Waals surface area (Å²) in [4.78, 5) is 0. The zero-order valence-corrected chi connectivity index (χ0v) is 12.4. The van der Waals surface area contributed by atoms with Crippen LogP contribution in [-0.4, -0.2) is 11.7 Å². The molecule has 0 saturated heterocycles. The smallest absolute Gasteiger partial charge is 0.0870 e. The molecule has 2 aromatic rings. The second-order valence-electron chi connectivity index (χ2n) is 5.49. The highest BCUT2D eigenvalue weighted by atomic mass is 16.3. The fourth-order valence-corrected chi connectivity index (χ4v) is 2.61. The van der Waals surface area contributed by atoms with E-state index in [1.165, 1.54) is 16.7 Å². The van der Waals surface area contributed by atoms with E-state index in [0.717, 1.165) is 11.1 Å². The lowest BCUT2D eigenvalue weighted by atomic mass is 9.86. The molecule has 2 unspecified atom stereocenters. The number of aliphatic hydroxyl groups excluding tert-OH is 1. The molecular formula is C18H23NO. The van der Waals surface area contributed by atoms with Crippen LogP contribution >= 0.6 is 0 Å². The zero-order chi connectivity index (χ0) is 14.7. The molecule has 106 valence electrons. The molecule has 0 saturated carbocycles. The largest absolute Gasteiger partial charge is 0.388 e. The Morgan fingerprint density at radius 1 is 0.950 bits per heavy atom. The molecule has 0 aliphatic carbocycles. The van der Waals surface area contributed by atoms with Gasteiger partial charge in [-0.1, -0.05) is 42.5 Å². The second-order valence-corrected chi connectivity index (χ2v) is 5.49. The van der Waals surface area contributed by atoms with Crippen LogP contribution in [0.25, 0.3) is 0 Å². The molecule has 3 N–H and O–H groups in total. The van der Waals surface area contributed by atoms with Crippen molar-refractivity contribution in [2.24, 2.45) is 5.73 Å². The van der Waals surface area contributed by atoms with E-state index < -0.39 is 6.10 Å². The maximum Gasteiger partial charge on any atom is 0.0870 e. The first-order valence-corrected chi connectivity index (χ1v) is 7.05. The van der Waals surface area contributed by atoms with Crippen molar-refractivity contribution in [2.45, 2.75) is 32.8 Å². The average Bonchev–Trinajstić information content (AvgIpc) is 2.44. The minimum absolute atomic E-state index is 0.0710. The number of hydrogen-bond acceptors (Lipinski definition) is 2. The van der Waals surface area contributed by atoms with Gasteiger partial charge in [0.25, 0.3) is 0 Å². The van der Waals surface area contributed by atoms with E-state index in [2.05, 4.69) is 45.0 Å². The van der Waals surface area contributed by atoms with Crippen molar-refractivity contribution < 1.29 is 5.11 Å². The molecule has 0 aliphatic rings. The summed E-state index contributed by atoms with van der Waals surface area (Å²) in [6.45, 7) is 6.63. The molecule has 0 spiro atoms. The van der Waals surface area contributed by atoms with Gasteiger partial charge in [0, 0.05) is 12.5 Å². The number of rotatable bonds is 4. The van der Waals surface area contributed by atoms with Crippen LogP contribution in [0.5, 0.6) is 0 Å². The van der Waals surface area contributed by atoms with Crippen molar-refractivity contribution in [1.82, 2.24) is 0 Å². The first-order valence-electron chi connectivity index (χ1n) is 7.05. The number of benzene rings is 2. The first kappa shape index (κ1) is 14.8. The molecular weight excluding hydrogens is 246 g/mol. The standard InChI is InChI=1S/C18H23NO/c1-12-8-9-15(10-14(12)3)18(20)17(11-19)16-7-5-4-6-13(16)2/h4-10,17-18,20H,11,19H2,1-3H3. The summed E-state index contributed by atoms with van der Waals surface area (Å²) in [7, 11) is 0. The predicted molar refractivity (Wildman–Crippen MR) is 83.9 cm³/mol. The van der Waals surface area contributed by atoms with Crippen molar-refractivity contribution in [3.8, 4) is 0 Å².